The molecule has 2 aromatic rings. The number of rotatable bonds is 2. The van der Waals surface area contributed by atoms with Gasteiger partial charge in [-0.25, -0.2) is 0 Å². The second-order valence-corrected chi connectivity index (χ2v) is 4.56. The Labute approximate surface area is 99.7 Å². The van der Waals surface area contributed by atoms with Crippen LogP contribution in [0.4, 0.5) is 0 Å². The molecule has 0 amide bonds. The van der Waals surface area contributed by atoms with Crippen LogP contribution in [-0.4, -0.2) is 18.0 Å². The first-order valence-corrected chi connectivity index (χ1v) is 6.07. The van der Waals surface area contributed by atoms with E-state index >= 15 is 0 Å². The Hall–Kier alpha value is -1.61. The second-order valence-electron chi connectivity index (χ2n) is 4.56. The SMILES string of the molecule is O=c1cc(CN2CCCC2)oc2ccccc12. The molecule has 1 aliphatic rings. The maximum Gasteiger partial charge on any atom is 0.192 e. The number of nitrogens with zero attached hydrogens (tertiary/aromatic N) is 1. The Morgan fingerprint density at radius 3 is 2.76 bits per heavy atom. The van der Waals surface area contributed by atoms with Crippen LogP contribution in [0.3, 0.4) is 0 Å². The second kappa shape index (κ2) is 4.34. The topological polar surface area (TPSA) is 33.5 Å². The minimum atomic E-state index is 0.0565. The molecule has 0 N–H and O–H groups in total. The summed E-state index contributed by atoms with van der Waals surface area (Å²) in [4.78, 5) is 14.2. The molecule has 88 valence electrons. The number of fused-ring (bicyclic) bond motifs is 1. The lowest BCUT2D eigenvalue weighted by Gasteiger charge is -2.13. The molecule has 0 unspecified atom stereocenters. The predicted octanol–water partition coefficient (Wildman–Crippen LogP) is 2.39. The van der Waals surface area contributed by atoms with Crippen LogP contribution in [0.1, 0.15) is 18.6 Å². The van der Waals surface area contributed by atoms with Gasteiger partial charge in [-0.3, -0.25) is 9.69 Å². The van der Waals surface area contributed by atoms with E-state index < -0.39 is 0 Å². The van der Waals surface area contributed by atoms with E-state index in [9.17, 15) is 4.79 Å². The molecule has 0 bridgehead atoms. The van der Waals surface area contributed by atoms with Crippen LogP contribution >= 0.6 is 0 Å². The Balaban J connectivity index is 1.97. The highest BCUT2D eigenvalue weighted by Gasteiger charge is 2.13. The monoisotopic (exact) mass is 229 g/mol. The first-order valence-electron chi connectivity index (χ1n) is 6.07. The molecular weight excluding hydrogens is 214 g/mol. The maximum absolute atomic E-state index is 11.9. The number of benzene rings is 1. The van der Waals surface area contributed by atoms with Gasteiger partial charge < -0.3 is 4.42 Å². The molecule has 3 nitrogen and oxygen atoms in total. The third kappa shape index (κ3) is 2.11. The van der Waals surface area contributed by atoms with Gasteiger partial charge in [0, 0.05) is 6.07 Å². The van der Waals surface area contributed by atoms with Crippen LogP contribution in [-0.2, 0) is 6.54 Å². The van der Waals surface area contributed by atoms with Crippen LogP contribution in [0.2, 0.25) is 0 Å². The highest BCUT2D eigenvalue weighted by molar-refractivity contribution is 5.76. The fourth-order valence-electron chi connectivity index (χ4n) is 2.39. The predicted molar refractivity (Wildman–Crippen MR) is 67.0 cm³/mol. The van der Waals surface area contributed by atoms with Crippen molar-refractivity contribution in [3.05, 3.63) is 46.3 Å². The van der Waals surface area contributed by atoms with Crippen molar-refractivity contribution in [2.45, 2.75) is 19.4 Å². The van der Waals surface area contributed by atoms with Crippen molar-refractivity contribution in [1.29, 1.82) is 0 Å². The smallest absolute Gasteiger partial charge is 0.192 e. The largest absolute Gasteiger partial charge is 0.459 e. The van der Waals surface area contributed by atoms with Gasteiger partial charge in [0.25, 0.3) is 0 Å². The normalized spacial score (nSPS) is 16.7. The molecule has 0 radical (unpaired) electrons. The molecule has 2 heterocycles. The Kier molecular flexibility index (Phi) is 2.69. The maximum atomic E-state index is 11.9. The van der Waals surface area contributed by atoms with Crippen molar-refractivity contribution in [3.8, 4) is 0 Å². The molecule has 3 heteroatoms. The van der Waals surface area contributed by atoms with Gasteiger partial charge in [-0.15, -0.1) is 0 Å². The zero-order chi connectivity index (χ0) is 11.7. The summed E-state index contributed by atoms with van der Waals surface area (Å²) in [7, 11) is 0. The standard InChI is InChI=1S/C14H15NO2/c16-13-9-11(10-15-7-3-4-8-15)17-14-6-2-1-5-12(13)14/h1-2,5-6,9H,3-4,7-8,10H2. The molecule has 0 saturated carbocycles. The lowest BCUT2D eigenvalue weighted by molar-refractivity contribution is 0.299. The molecule has 0 atom stereocenters. The van der Waals surface area contributed by atoms with Crippen LogP contribution < -0.4 is 5.43 Å². The first kappa shape index (κ1) is 10.5. The molecule has 1 aromatic carbocycles. The summed E-state index contributed by atoms with van der Waals surface area (Å²) in [5.74, 6) is 0.774. The summed E-state index contributed by atoms with van der Waals surface area (Å²) in [5, 5.41) is 0.665. The highest BCUT2D eigenvalue weighted by Crippen LogP contribution is 2.15. The Bertz CT molecular complexity index is 582. The molecule has 1 fully saturated rings. The summed E-state index contributed by atoms with van der Waals surface area (Å²) in [6.45, 7) is 2.97. The number of hydrogen-bond acceptors (Lipinski definition) is 3. The van der Waals surface area contributed by atoms with E-state index in [2.05, 4.69) is 4.90 Å². The van der Waals surface area contributed by atoms with Crippen LogP contribution in [0.15, 0.2) is 39.5 Å². The average Bonchev–Trinajstić information content (AvgIpc) is 2.82. The Morgan fingerprint density at radius 1 is 1.18 bits per heavy atom. The van der Waals surface area contributed by atoms with Crippen molar-refractivity contribution in [2.75, 3.05) is 13.1 Å². The fourth-order valence-corrected chi connectivity index (χ4v) is 2.39. The van der Waals surface area contributed by atoms with Gasteiger partial charge in [0.2, 0.25) is 0 Å². The molecule has 1 aromatic heterocycles. The van der Waals surface area contributed by atoms with Gasteiger partial charge in [-0.05, 0) is 38.1 Å². The molecule has 0 aliphatic carbocycles. The van der Waals surface area contributed by atoms with Crippen molar-refractivity contribution >= 4 is 11.0 Å². The van der Waals surface area contributed by atoms with Crippen molar-refractivity contribution < 1.29 is 4.42 Å². The number of likely N-dealkylation sites (tertiary alicyclic amines) is 1. The van der Waals surface area contributed by atoms with Gasteiger partial charge in [0.1, 0.15) is 11.3 Å². The zero-order valence-corrected chi connectivity index (χ0v) is 9.69. The molecule has 3 rings (SSSR count). The summed E-state index contributed by atoms with van der Waals surface area (Å²) in [5.41, 5.74) is 0.746. The Morgan fingerprint density at radius 2 is 1.94 bits per heavy atom. The van der Waals surface area contributed by atoms with E-state index in [1.54, 1.807) is 12.1 Å². The van der Waals surface area contributed by atoms with Gasteiger partial charge in [0.15, 0.2) is 5.43 Å². The summed E-state index contributed by atoms with van der Waals surface area (Å²) in [6, 6.07) is 9.04. The van der Waals surface area contributed by atoms with E-state index in [0.717, 1.165) is 25.4 Å². The summed E-state index contributed by atoms with van der Waals surface area (Å²) >= 11 is 0. The minimum Gasteiger partial charge on any atom is -0.459 e. The first-order chi connectivity index (χ1) is 8.33. The van der Waals surface area contributed by atoms with E-state index in [1.165, 1.54) is 12.8 Å². The average molecular weight is 229 g/mol. The van der Waals surface area contributed by atoms with Crippen molar-refractivity contribution in [1.82, 2.24) is 4.90 Å². The van der Waals surface area contributed by atoms with Crippen molar-refractivity contribution in [3.63, 3.8) is 0 Å². The van der Waals surface area contributed by atoms with Gasteiger partial charge in [-0.1, -0.05) is 12.1 Å². The van der Waals surface area contributed by atoms with Crippen LogP contribution in [0.5, 0.6) is 0 Å². The molecule has 0 spiro atoms. The highest BCUT2D eigenvalue weighted by atomic mass is 16.3. The van der Waals surface area contributed by atoms with E-state index in [-0.39, 0.29) is 5.43 Å². The van der Waals surface area contributed by atoms with Crippen LogP contribution in [0, 0.1) is 0 Å². The third-order valence-corrected chi connectivity index (χ3v) is 3.26. The quantitative estimate of drug-likeness (QED) is 0.792. The fraction of sp³-hybridized carbons (Fsp3) is 0.357. The van der Waals surface area contributed by atoms with Crippen LogP contribution in [0.25, 0.3) is 11.0 Å². The van der Waals surface area contributed by atoms with Crippen molar-refractivity contribution in [2.24, 2.45) is 0 Å². The molecule has 17 heavy (non-hydrogen) atoms. The zero-order valence-electron chi connectivity index (χ0n) is 9.69. The lowest BCUT2D eigenvalue weighted by atomic mass is 10.2. The molecule has 1 saturated heterocycles. The summed E-state index contributed by atoms with van der Waals surface area (Å²) in [6.07, 6.45) is 2.50. The van der Waals surface area contributed by atoms with E-state index in [1.807, 2.05) is 18.2 Å². The van der Waals surface area contributed by atoms with E-state index in [4.69, 9.17) is 4.42 Å². The van der Waals surface area contributed by atoms with Gasteiger partial charge >= 0.3 is 0 Å². The molecular formula is C14H15NO2. The lowest BCUT2D eigenvalue weighted by Crippen LogP contribution is -2.19. The number of hydrogen-bond donors (Lipinski definition) is 0. The summed E-state index contributed by atoms with van der Waals surface area (Å²) < 4.78 is 5.76. The third-order valence-electron chi connectivity index (χ3n) is 3.26. The van der Waals surface area contributed by atoms with Gasteiger partial charge in [0.05, 0.1) is 11.9 Å². The number of para-hydroxylation sites is 1. The van der Waals surface area contributed by atoms with E-state index in [0.29, 0.717) is 11.0 Å². The van der Waals surface area contributed by atoms with Gasteiger partial charge in [-0.2, -0.15) is 0 Å². The minimum absolute atomic E-state index is 0.0565. The molecule has 1 aliphatic heterocycles.